The van der Waals surface area contributed by atoms with Gasteiger partial charge in [0.05, 0.1) is 17.9 Å². The van der Waals surface area contributed by atoms with Crippen molar-refractivity contribution in [2.45, 2.75) is 56.6 Å². The highest BCUT2D eigenvalue weighted by Gasteiger charge is 2.31. The number of urea groups is 1. The number of aliphatic hydroxyl groups is 1. The van der Waals surface area contributed by atoms with Gasteiger partial charge in [-0.25, -0.2) is 4.79 Å². The number of aryl methyl sites for hydroxylation is 1. The smallest absolute Gasteiger partial charge is 0.315 e. The maximum absolute atomic E-state index is 12.0. The molecule has 1 aromatic heterocycles. The number of fused-ring (bicyclic) bond motifs is 1. The Morgan fingerprint density at radius 2 is 2.20 bits per heavy atom. The van der Waals surface area contributed by atoms with Gasteiger partial charge < -0.3 is 20.2 Å². The first-order valence-corrected chi connectivity index (χ1v) is 7.49. The van der Waals surface area contributed by atoms with E-state index in [0.717, 1.165) is 56.3 Å². The lowest BCUT2D eigenvalue weighted by Gasteiger charge is -2.25. The molecule has 3 N–H and O–H groups in total. The summed E-state index contributed by atoms with van der Waals surface area (Å²) in [5, 5.41) is 16.0. The first kappa shape index (κ1) is 13.5. The molecule has 2 aliphatic rings. The number of nitrogens with one attached hydrogen (secondary N) is 2. The maximum atomic E-state index is 12.0. The minimum absolute atomic E-state index is 0.0238. The van der Waals surface area contributed by atoms with Crippen molar-refractivity contribution in [2.24, 2.45) is 0 Å². The second kappa shape index (κ2) is 5.48. The van der Waals surface area contributed by atoms with Gasteiger partial charge in [0, 0.05) is 18.5 Å². The maximum Gasteiger partial charge on any atom is 0.315 e. The number of rotatable bonds is 3. The molecule has 0 saturated heterocycles. The average molecular weight is 278 g/mol. The second-order valence-electron chi connectivity index (χ2n) is 6.00. The van der Waals surface area contributed by atoms with Crippen molar-refractivity contribution in [1.29, 1.82) is 0 Å². The lowest BCUT2D eigenvalue weighted by Crippen LogP contribution is -2.46. The summed E-state index contributed by atoms with van der Waals surface area (Å²) in [6.45, 7) is 0.337. The Labute approximate surface area is 118 Å². The minimum atomic E-state index is -0.704. The number of hydrogen-bond acceptors (Lipinski definition) is 3. The van der Waals surface area contributed by atoms with Crippen LogP contribution < -0.4 is 10.6 Å². The van der Waals surface area contributed by atoms with Crippen LogP contribution in [0.1, 0.15) is 55.9 Å². The summed E-state index contributed by atoms with van der Waals surface area (Å²) in [5.41, 5.74) is 0.385. The van der Waals surface area contributed by atoms with Gasteiger partial charge in [0.1, 0.15) is 5.76 Å². The van der Waals surface area contributed by atoms with Crippen LogP contribution in [0.4, 0.5) is 4.79 Å². The van der Waals surface area contributed by atoms with Gasteiger partial charge in [-0.3, -0.25) is 0 Å². The Hall–Kier alpha value is -1.49. The number of hydrogen-bond donors (Lipinski definition) is 3. The molecule has 5 heteroatoms. The molecular formula is C15H22N2O3. The molecule has 0 bridgehead atoms. The Morgan fingerprint density at radius 1 is 1.40 bits per heavy atom. The number of carbonyl (C=O) groups excluding carboxylic acids is 1. The molecule has 3 rings (SSSR count). The van der Waals surface area contributed by atoms with Gasteiger partial charge in [0.15, 0.2) is 0 Å². The summed E-state index contributed by atoms with van der Waals surface area (Å²) in [5.74, 6) is 0.982. The lowest BCUT2D eigenvalue weighted by molar-refractivity contribution is 0.0500. The molecule has 1 saturated carbocycles. The quantitative estimate of drug-likeness (QED) is 0.794. The SMILES string of the molecule is O=C(NCC1(O)CCCC1)NC1CCCc2occc21. The average Bonchev–Trinajstić information content (AvgIpc) is 3.06. The molecule has 0 spiro atoms. The largest absolute Gasteiger partial charge is 0.469 e. The monoisotopic (exact) mass is 278 g/mol. The minimum Gasteiger partial charge on any atom is -0.469 e. The summed E-state index contributed by atoms with van der Waals surface area (Å²) in [4.78, 5) is 12.0. The van der Waals surface area contributed by atoms with Gasteiger partial charge in [-0.1, -0.05) is 12.8 Å². The van der Waals surface area contributed by atoms with Crippen LogP contribution in [0.3, 0.4) is 0 Å². The summed E-state index contributed by atoms with van der Waals surface area (Å²) in [6, 6.07) is 1.75. The zero-order valence-corrected chi connectivity index (χ0v) is 11.7. The van der Waals surface area contributed by atoms with Crippen molar-refractivity contribution in [3.05, 3.63) is 23.7 Å². The van der Waals surface area contributed by atoms with E-state index in [-0.39, 0.29) is 12.1 Å². The molecule has 1 aromatic rings. The number of carbonyl (C=O) groups is 1. The van der Waals surface area contributed by atoms with Gasteiger partial charge >= 0.3 is 6.03 Å². The van der Waals surface area contributed by atoms with Gasteiger partial charge in [-0.2, -0.15) is 0 Å². The van der Waals surface area contributed by atoms with E-state index in [9.17, 15) is 9.90 Å². The van der Waals surface area contributed by atoms with E-state index in [1.807, 2.05) is 6.07 Å². The van der Waals surface area contributed by atoms with Crippen LogP contribution in [0.5, 0.6) is 0 Å². The van der Waals surface area contributed by atoms with Gasteiger partial charge in [-0.05, 0) is 31.7 Å². The molecule has 1 fully saturated rings. The van der Waals surface area contributed by atoms with Gasteiger partial charge in [0.25, 0.3) is 0 Å². The van der Waals surface area contributed by atoms with Crippen molar-refractivity contribution < 1.29 is 14.3 Å². The Kier molecular flexibility index (Phi) is 3.70. The molecule has 1 atom stereocenters. The predicted octanol–water partition coefficient (Wildman–Crippen LogP) is 2.26. The topological polar surface area (TPSA) is 74.5 Å². The molecular weight excluding hydrogens is 256 g/mol. The molecule has 2 amide bonds. The number of furan rings is 1. The fourth-order valence-corrected chi connectivity index (χ4v) is 3.30. The zero-order chi connectivity index (χ0) is 14.0. The second-order valence-corrected chi connectivity index (χ2v) is 6.00. The lowest BCUT2D eigenvalue weighted by atomic mass is 9.93. The van der Waals surface area contributed by atoms with Crippen molar-refractivity contribution in [3.63, 3.8) is 0 Å². The van der Waals surface area contributed by atoms with Crippen molar-refractivity contribution >= 4 is 6.03 Å². The Bertz CT molecular complexity index is 477. The molecule has 110 valence electrons. The van der Waals surface area contributed by atoms with Crippen LogP contribution in [0, 0.1) is 0 Å². The molecule has 0 radical (unpaired) electrons. The molecule has 0 aromatic carbocycles. The Balaban J connectivity index is 1.52. The van der Waals surface area contributed by atoms with Crippen LogP contribution in [0.25, 0.3) is 0 Å². The van der Waals surface area contributed by atoms with E-state index < -0.39 is 5.60 Å². The van der Waals surface area contributed by atoms with Crippen LogP contribution >= 0.6 is 0 Å². The van der Waals surface area contributed by atoms with E-state index in [1.54, 1.807) is 6.26 Å². The first-order valence-electron chi connectivity index (χ1n) is 7.49. The number of amides is 2. The third-order valence-corrected chi connectivity index (χ3v) is 4.47. The van der Waals surface area contributed by atoms with Crippen molar-refractivity contribution in [3.8, 4) is 0 Å². The zero-order valence-electron chi connectivity index (χ0n) is 11.7. The van der Waals surface area contributed by atoms with E-state index in [1.165, 1.54) is 0 Å². The highest BCUT2D eigenvalue weighted by atomic mass is 16.3. The standard InChI is InChI=1S/C15H22N2O3/c18-14(16-10-15(19)7-1-2-8-15)17-12-4-3-5-13-11(12)6-9-20-13/h6,9,12,19H,1-5,7-8,10H2,(H2,16,17,18). The van der Waals surface area contributed by atoms with Crippen LogP contribution in [-0.4, -0.2) is 23.3 Å². The van der Waals surface area contributed by atoms with Crippen LogP contribution in [0.15, 0.2) is 16.7 Å². The van der Waals surface area contributed by atoms with E-state index >= 15 is 0 Å². The highest BCUT2D eigenvalue weighted by Crippen LogP contribution is 2.31. The third-order valence-electron chi connectivity index (χ3n) is 4.47. The molecule has 0 aliphatic heterocycles. The van der Waals surface area contributed by atoms with Crippen molar-refractivity contribution in [2.75, 3.05) is 6.54 Å². The molecule has 2 aliphatic carbocycles. The predicted molar refractivity (Wildman–Crippen MR) is 74.3 cm³/mol. The normalized spacial score (nSPS) is 24.1. The molecule has 5 nitrogen and oxygen atoms in total. The highest BCUT2D eigenvalue weighted by molar-refractivity contribution is 5.74. The molecule has 1 heterocycles. The fourth-order valence-electron chi connectivity index (χ4n) is 3.30. The Morgan fingerprint density at radius 3 is 3.00 bits per heavy atom. The first-order chi connectivity index (χ1) is 9.66. The molecule has 20 heavy (non-hydrogen) atoms. The summed E-state index contributed by atoms with van der Waals surface area (Å²) in [6.07, 6.45) is 8.23. The van der Waals surface area contributed by atoms with E-state index in [2.05, 4.69) is 10.6 Å². The van der Waals surface area contributed by atoms with Crippen LogP contribution in [-0.2, 0) is 6.42 Å². The van der Waals surface area contributed by atoms with E-state index in [0.29, 0.717) is 6.54 Å². The summed E-state index contributed by atoms with van der Waals surface area (Å²) >= 11 is 0. The van der Waals surface area contributed by atoms with Crippen molar-refractivity contribution in [1.82, 2.24) is 10.6 Å². The van der Waals surface area contributed by atoms with E-state index in [4.69, 9.17) is 4.42 Å². The van der Waals surface area contributed by atoms with Gasteiger partial charge in [-0.15, -0.1) is 0 Å². The molecule has 1 unspecified atom stereocenters. The summed E-state index contributed by atoms with van der Waals surface area (Å²) in [7, 11) is 0. The third kappa shape index (κ3) is 2.82. The van der Waals surface area contributed by atoms with Crippen LogP contribution in [0.2, 0.25) is 0 Å². The fraction of sp³-hybridized carbons (Fsp3) is 0.667. The van der Waals surface area contributed by atoms with Gasteiger partial charge in [0.2, 0.25) is 0 Å². The summed E-state index contributed by atoms with van der Waals surface area (Å²) < 4.78 is 5.41.